The minimum Gasteiger partial charge on any atom is -0.375 e. The molecule has 2 aromatic heterocycles. The highest BCUT2D eigenvalue weighted by Gasteiger charge is 2.24. The summed E-state index contributed by atoms with van der Waals surface area (Å²) in [5, 5.41) is 7.90. The van der Waals surface area contributed by atoms with E-state index >= 15 is 0 Å². The molecule has 1 amide bonds. The highest BCUT2D eigenvalue weighted by Crippen LogP contribution is 2.27. The van der Waals surface area contributed by atoms with E-state index in [0.29, 0.717) is 13.1 Å². The molecule has 0 unspecified atom stereocenters. The Morgan fingerprint density at radius 2 is 1.93 bits per heavy atom. The minimum absolute atomic E-state index is 0.112. The molecule has 4 rings (SSSR count). The van der Waals surface area contributed by atoms with Crippen LogP contribution >= 0.6 is 0 Å². The zero-order valence-corrected chi connectivity index (χ0v) is 15.4. The number of benzene rings is 1. The Morgan fingerprint density at radius 1 is 1.11 bits per heavy atom. The summed E-state index contributed by atoms with van der Waals surface area (Å²) in [7, 11) is 1.99. The summed E-state index contributed by atoms with van der Waals surface area (Å²) in [4.78, 5) is 18.7. The third kappa shape index (κ3) is 3.69. The maximum absolute atomic E-state index is 12.7. The number of anilines is 1. The number of nitrogens with one attached hydrogen (secondary N) is 1. The van der Waals surface area contributed by atoms with Crippen LogP contribution in [0.3, 0.4) is 0 Å². The Balaban J connectivity index is 1.46. The second kappa shape index (κ2) is 7.61. The van der Waals surface area contributed by atoms with Crippen LogP contribution in [0.15, 0.2) is 54.9 Å². The monoisotopic (exact) mass is 361 g/mol. The Labute approximate surface area is 158 Å². The lowest BCUT2D eigenvalue weighted by Gasteiger charge is -2.21. The number of nitrogens with zero attached hydrogens (tertiary/aromatic N) is 4. The average Bonchev–Trinajstić information content (AvgIpc) is 2.89. The van der Waals surface area contributed by atoms with E-state index in [0.717, 1.165) is 29.8 Å². The molecule has 3 aromatic rings. The van der Waals surface area contributed by atoms with Gasteiger partial charge in [0.15, 0.2) is 0 Å². The first-order valence-corrected chi connectivity index (χ1v) is 9.24. The molecule has 1 N–H and O–H groups in total. The maximum atomic E-state index is 12.7. The minimum atomic E-state index is 0.112. The van der Waals surface area contributed by atoms with Crippen molar-refractivity contribution in [3.63, 3.8) is 0 Å². The van der Waals surface area contributed by atoms with Crippen LogP contribution in [0.1, 0.15) is 11.3 Å². The van der Waals surface area contributed by atoms with Gasteiger partial charge in [0.05, 0.1) is 17.9 Å². The molecule has 6 heteroatoms. The van der Waals surface area contributed by atoms with E-state index < -0.39 is 0 Å². The van der Waals surface area contributed by atoms with E-state index in [1.807, 2.05) is 47.0 Å². The number of pyridine rings is 1. The van der Waals surface area contributed by atoms with Crippen LogP contribution in [0, 0.1) is 0 Å². The van der Waals surface area contributed by atoms with Gasteiger partial charge >= 0.3 is 0 Å². The van der Waals surface area contributed by atoms with Gasteiger partial charge in [-0.25, -0.2) is 0 Å². The molecule has 6 nitrogen and oxygen atoms in total. The van der Waals surface area contributed by atoms with E-state index in [4.69, 9.17) is 5.10 Å². The van der Waals surface area contributed by atoms with Gasteiger partial charge in [0, 0.05) is 55.8 Å². The smallest absolute Gasteiger partial charge is 0.241 e. The van der Waals surface area contributed by atoms with Crippen molar-refractivity contribution in [1.82, 2.24) is 19.7 Å². The van der Waals surface area contributed by atoms with Crippen molar-refractivity contribution in [2.75, 3.05) is 25.0 Å². The first-order valence-electron chi connectivity index (χ1n) is 9.24. The van der Waals surface area contributed by atoms with E-state index in [9.17, 15) is 4.79 Å². The van der Waals surface area contributed by atoms with Crippen molar-refractivity contribution >= 4 is 11.6 Å². The standard InChI is InChI=1S/C21H23N5O/c1-25-19-10-13-26(20(27)15-23-17-8-5-11-22-14-17)12-9-18(19)21(24-25)16-6-3-2-4-7-16/h2-8,11,14,23H,9-10,12-13,15H2,1H3. The number of aromatic nitrogens is 3. The number of aryl methyl sites for hydroxylation is 1. The molecule has 1 aromatic carbocycles. The van der Waals surface area contributed by atoms with Crippen LogP contribution in [0.25, 0.3) is 11.3 Å². The van der Waals surface area contributed by atoms with Crippen LogP contribution in [-0.4, -0.2) is 45.2 Å². The molecule has 27 heavy (non-hydrogen) atoms. The number of fused-ring (bicyclic) bond motifs is 1. The van der Waals surface area contributed by atoms with E-state index in [1.165, 1.54) is 11.3 Å². The van der Waals surface area contributed by atoms with Crippen LogP contribution in [-0.2, 0) is 24.7 Å². The Bertz CT molecular complexity index is 921. The molecule has 0 atom stereocenters. The first kappa shape index (κ1) is 17.3. The predicted molar refractivity (Wildman–Crippen MR) is 105 cm³/mol. The van der Waals surface area contributed by atoms with Crippen LogP contribution in [0.2, 0.25) is 0 Å². The van der Waals surface area contributed by atoms with Crippen molar-refractivity contribution in [1.29, 1.82) is 0 Å². The molecule has 1 aliphatic heterocycles. The Hall–Kier alpha value is -3.15. The summed E-state index contributed by atoms with van der Waals surface area (Å²) in [6.45, 7) is 1.71. The highest BCUT2D eigenvalue weighted by atomic mass is 16.2. The molecule has 1 aliphatic rings. The van der Waals surface area contributed by atoms with Crippen molar-refractivity contribution in [3.8, 4) is 11.3 Å². The number of hydrogen-bond donors (Lipinski definition) is 1. The maximum Gasteiger partial charge on any atom is 0.241 e. The summed E-state index contributed by atoms with van der Waals surface area (Å²) >= 11 is 0. The molecule has 0 bridgehead atoms. The average molecular weight is 361 g/mol. The molecule has 0 radical (unpaired) electrons. The molecule has 0 aliphatic carbocycles. The third-order valence-electron chi connectivity index (χ3n) is 5.03. The normalized spacial score (nSPS) is 13.7. The Kier molecular flexibility index (Phi) is 4.87. The van der Waals surface area contributed by atoms with Crippen molar-refractivity contribution in [3.05, 3.63) is 66.1 Å². The summed E-state index contributed by atoms with van der Waals surface area (Å²) < 4.78 is 1.97. The van der Waals surface area contributed by atoms with Crippen LogP contribution in [0.5, 0.6) is 0 Å². The van der Waals surface area contributed by atoms with Gasteiger partial charge in [-0.1, -0.05) is 30.3 Å². The van der Waals surface area contributed by atoms with Gasteiger partial charge < -0.3 is 10.2 Å². The quantitative estimate of drug-likeness (QED) is 0.776. The third-order valence-corrected chi connectivity index (χ3v) is 5.03. The molecule has 0 spiro atoms. The summed E-state index contributed by atoms with van der Waals surface area (Å²) in [6, 6.07) is 14.0. The lowest BCUT2D eigenvalue weighted by atomic mass is 10.0. The number of carbonyl (C=O) groups is 1. The summed E-state index contributed by atoms with van der Waals surface area (Å²) in [5.41, 5.74) is 5.52. The van der Waals surface area contributed by atoms with Gasteiger partial charge in [-0.15, -0.1) is 0 Å². The van der Waals surface area contributed by atoms with Crippen molar-refractivity contribution in [2.45, 2.75) is 12.8 Å². The van der Waals surface area contributed by atoms with Gasteiger partial charge in [-0.2, -0.15) is 5.10 Å². The lowest BCUT2D eigenvalue weighted by molar-refractivity contribution is -0.129. The molecular formula is C21H23N5O. The number of amides is 1. The van der Waals surface area contributed by atoms with Gasteiger partial charge in [-0.3, -0.25) is 14.5 Å². The van der Waals surface area contributed by atoms with Gasteiger partial charge in [0.1, 0.15) is 0 Å². The predicted octanol–water partition coefficient (Wildman–Crippen LogP) is 2.52. The van der Waals surface area contributed by atoms with Gasteiger partial charge in [-0.05, 0) is 18.6 Å². The molecule has 138 valence electrons. The van der Waals surface area contributed by atoms with Crippen molar-refractivity contribution < 1.29 is 4.79 Å². The van der Waals surface area contributed by atoms with Crippen molar-refractivity contribution in [2.24, 2.45) is 7.05 Å². The van der Waals surface area contributed by atoms with E-state index in [2.05, 4.69) is 22.4 Å². The van der Waals surface area contributed by atoms with Gasteiger partial charge in [0.25, 0.3) is 0 Å². The molecule has 3 heterocycles. The Morgan fingerprint density at radius 3 is 2.70 bits per heavy atom. The topological polar surface area (TPSA) is 63.1 Å². The zero-order chi connectivity index (χ0) is 18.6. The number of hydrogen-bond acceptors (Lipinski definition) is 4. The van der Waals surface area contributed by atoms with Crippen LogP contribution in [0.4, 0.5) is 5.69 Å². The molecule has 0 fully saturated rings. The second-order valence-corrected chi connectivity index (χ2v) is 6.74. The van der Waals surface area contributed by atoms with E-state index in [-0.39, 0.29) is 12.5 Å². The molecule has 0 saturated heterocycles. The summed E-state index contributed by atoms with van der Waals surface area (Å²) in [5.74, 6) is 0.112. The van der Waals surface area contributed by atoms with Gasteiger partial charge in [0.2, 0.25) is 5.91 Å². The number of rotatable bonds is 4. The van der Waals surface area contributed by atoms with E-state index in [1.54, 1.807) is 12.4 Å². The lowest BCUT2D eigenvalue weighted by Crippen LogP contribution is -2.37. The fraction of sp³-hybridized carbons (Fsp3) is 0.286. The van der Waals surface area contributed by atoms with Crippen LogP contribution < -0.4 is 5.32 Å². The molecule has 0 saturated carbocycles. The SMILES string of the molecule is Cn1nc(-c2ccccc2)c2c1CCN(C(=O)CNc1cccnc1)CC2. The fourth-order valence-corrected chi connectivity index (χ4v) is 3.61. The zero-order valence-electron chi connectivity index (χ0n) is 15.4. The number of carbonyl (C=O) groups excluding carboxylic acids is 1. The second-order valence-electron chi connectivity index (χ2n) is 6.74. The first-order chi connectivity index (χ1) is 13.2. The molecular weight excluding hydrogens is 338 g/mol. The fourth-order valence-electron chi connectivity index (χ4n) is 3.61. The highest BCUT2D eigenvalue weighted by molar-refractivity contribution is 5.81. The summed E-state index contributed by atoms with van der Waals surface area (Å²) in [6.07, 6.45) is 5.09. The largest absolute Gasteiger partial charge is 0.375 e.